The highest BCUT2D eigenvalue weighted by atomic mass is 79.9. The molecule has 27 heavy (non-hydrogen) atoms. The predicted molar refractivity (Wildman–Crippen MR) is 96.8 cm³/mol. The van der Waals surface area contributed by atoms with Crippen molar-refractivity contribution >= 4 is 31.9 Å². The van der Waals surface area contributed by atoms with Gasteiger partial charge in [0.2, 0.25) is 10.0 Å². The van der Waals surface area contributed by atoms with Gasteiger partial charge >= 0.3 is 0 Å². The lowest BCUT2D eigenvalue weighted by atomic mass is 10.1. The standard InChI is InChI=1S/C17H15BrF2N2O4S/c18-11-1-4-16(23)13(9-11)17(24)21-5-7-22(8-6-21)27(25,26)12-2-3-14(19)15(20)10-12/h1-4,9-10,23H,5-8H2. The number of nitrogens with zero attached hydrogens (tertiary/aromatic N) is 2. The topological polar surface area (TPSA) is 77.9 Å². The highest BCUT2D eigenvalue weighted by Gasteiger charge is 2.31. The summed E-state index contributed by atoms with van der Waals surface area (Å²) < 4.78 is 53.3. The van der Waals surface area contributed by atoms with Gasteiger partial charge in [-0.15, -0.1) is 0 Å². The van der Waals surface area contributed by atoms with Gasteiger partial charge in [-0.3, -0.25) is 4.79 Å². The first-order valence-electron chi connectivity index (χ1n) is 7.93. The van der Waals surface area contributed by atoms with Gasteiger partial charge in [0.15, 0.2) is 11.6 Å². The van der Waals surface area contributed by atoms with Crippen molar-refractivity contribution in [3.8, 4) is 5.75 Å². The molecule has 0 saturated carbocycles. The minimum absolute atomic E-state index is 0.00182. The Bertz CT molecular complexity index is 992. The first kappa shape index (κ1) is 19.7. The Labute approximate surface area is 163 Å². The van der Waals surface area contributed by atoms with Crippen LogP contribution in [0.4, 0.5) is 8.78 Å². The molecule has 1 aliphatic heterocycles. The van der Waals surface area contributed by atoms with Crippen LogP contribution in [0.25, 0.3) is 0 Å². The van der Waals surface area contributed by atoms with E-state index in [1.54, 1.807) is 6.07 Å². The first-order chi connectivity index (χ1) is 12.7. The Morgan fingerprint density at radius 1 is 1.00 bits per heavy atom. The van der Waals surface area contributed by atoms with E-state index < -0.39 is 27.6 Å². The third kappa shape index (κ3) is 3.97. The predicted octanol–water partition coefficient (Wildman–Crippen LogP) is 2.58. The molecule has 3 rings (SSSR count). The van der Waals surface area contributed by atoms with E-state index in [2.05, 4.69) is 15.9 Å². The van der Waals surface area contributed by atoms with Crippen molar-refractivity contribution in [2.75, 3.05) is 26.2 Å². The van der Waals surface area contributed by atoms with Gasteiger partial charge in [-0.05, 0) is 36.4 Å². The van der Waals surface area contributed by atoms with Gasteiger partial charge in [0.25, 0.3) is 5.91 Å². The quantitative estimate of drug-likeness (QED) is 0.763. The van der Waals surface area contributed by atoms with Crippen LogP contribution in [0.2, 0.25) is 0 Å². The summed E-state index contributed by atoms with van der Waals surface area (Å²) >= 11 is 3.23. The van der Waals surface area contributed by atoms with Crippen LogP contribution in [-0.2, 0) is 10.0 Å². The smallest absolute Gasteiger partial charge is 0.257 e. The lowest BCUT2D eigenvalue weighted by Crippen LogP contribution is -2.50. The monoisotopic (exact) mass is 460 g/mol. The fraction of sp³-hybridized carbons (Fsp3) is 0.235. The maximum absolute atomic E-state index is 13.4. The fourth-order valence-corrected chi connectivity index (χ4v) is 4.56. The van der Waals surface area contributed by atoms with E-state index in [0.29, 0.717) is 10.5 Å². The summed E-state index contributed by atoms with van der Waals surface area (Å²) in [6, 6.07) is 6.88. The molecule has 0 unspecified atom stereocenters. The molecular weight excluding hydrogens is 446 g/mol. The van der Waals surface area contributed by atoms with Crippen LogP contribution in [0, 0.1) is 11.6 Å². The van der Waals surface area contributed by atoms with Crippen LogP contribution in [0.5, 0.6) is 5.75 Å². The Kier molecular flexibility index (Phi) is 5.50. The summed E-state index contributed by atoms with van der Waals surface area (Å²) in [6.45, 7) is 0.213. The number of hydrogen-bond acceptors (Lipinski definition) is 4. The van der Waals surface area contributed by atoms with Crippen molar-refractivity contribution in [2.45, 2.75) is 4.90 Å². The van der Waals surface area contributed by atoms with Gasteiger partial charge in [0.05, 0.1) is 10.5 Å². The number of aromatic hydroxyl groups is 1. The SMILES string of the molecule is O=C(c1cc(Br)ccc1O)N1CCN(S(=O)(=O)c2ccc(F)c(F)c2)CC1. The second-order valence-corrected chi connectivity index (χ2v) is 8.79. The molecule has 6 nitrogen and oxygen atoms in total. The molecule has 1 amide bonds. The van der Waals surface area contributed by atoms with E-state index >= 15 is 0 Å². The molecule has 1 fully saturated rings. The van der Waals surface area contributed by atoms with Gasteiger partial charge in [0, 0.05) is 30.7 Å². The zero-order chi connectivity index (χ0) is 19.8. The molecule has 0 atom stereocenters. The van der Waals surface area contributed by atoms with E-state index in [-0.39, 0.29) is 42.4 Å². The molecule has 1 heterocycles. The number of sulfonamides is 1. The molecule has 1 aliphatic rings. The number of phenolic OH excluding ortho intramolecular Hbond substituents is 1. The number of benzene rings is 2. The number of phenols is 1. The molecule has 2 aromatic rings. The summed E-state index contributed by atoms with van der Waals surface area (Å²) in [5.41, 5.74) is 0.112. The number of carbonyl (C=O) groups excluding carboxylic acids is 1. The van der Waals surface area contributed by atoms with Crippen molar-refractivity contribution in [2.24, 2.45) is 0 Å². The molecule has 10 heteroatoms. The second-order valence-electron chi connectivity index (χ2n) is 5.93. The van der Waals surface area contributed by atoms with Crippen molar-refractivity contribution in [1.29, 1.82) is 0 Å². The van der Waals surface area contributed by atoms with Gasteiger partial charge < -0.3 is 10.0 Å². The van der Waals surface area contributed by atoms with E-state index in [4.69, 9.17) is 0 Å². The van der Waals surface area contributed by atoms with E-state index in [0.717, 1.165) is 16.4 Å². The highest BCUT2D eigenvalue weighted by Crippen LogP contribution is 2.25. The van der Waals surface area contributed by atoms with E-state index in [1.807, 2.05) is 0 Å². The molecule has 0 bridgehead atoms. The molecule has 0 radical (unpaired) electrons. The van der Waals surface area contributed by atoms with Crippen molar-refractivity contribution in [3.05, 3.63) is 58.1 Å². The number of halogens is 3. The van der Waals surface area contributed by atoms with Crippen LogP contribution < -0.4 is 0 Å². The molecular formula is C17H15BrF2N2O4S. The number of amides is 1. The molecule has 0 aromatic heterocycles. The minimum atomic E-state index is -4.00. The Morgan fingerprint density at radius 2 is 1.67 bits per heavy atom. The fourth-order valence-electron chi connectivity index (χ4n) is 2.77. The number of piperazine rings is 1. The lowest BCUT2D eigenvalue weighted by molar-refractivity contribution is 0.0694. The van der Waals surface area contributed by atoms with Gasteiger partial charge in [-0.2, -0.15) is 4.31 Å². The van der Waals surface area contributed by atoms with Gasteiger partial charge in [0.1, 0.15) is 5.75 Å². The van der Waals surface area contributed by atoms with Gasteiger partial charge in [-0.25, -0.2) is 17.2 Å². The van der Waals surface area contributed by atoms with Crippen LogP contribution in [0.1, 0.15) is 10.4 Å². The molecule has 0 aliphatic carbocycles. The van der Waals surface area contributed by atoms with Crippen LogP contribution in [-0.4, -0.2) is 54.8 Å². The zero-order valence-electron chi connectivity index (χ0n) is 13.9. The average molecular weight is 461 g/mol. The van der Waals surface area contributed by atoms with Gasteiger partial charge in [-0.1, -0.05) is 15.9 Å². The summed E-state index contributed by atoms with van der Waals surface area (Å²) in [7, 11) is -4.00. The first-order valence-corrected chi connectivity index (χ1v) is 10.2. The van der Waals surface area contributed by atoms with Crippen molar-refractivity contribution in [3.63, 3.8) is 0 Å². The van der Waals surface area contributed by atoms with Crippen LogP contribution in [0.15, 0.2) is 45.8 Å². The Hall–Kier alpha value is -2.04. The van der Waals surface area contributed by atoms with Crippen LogP contribution >= 0.6 is 15.9 Å². The Balaban J connectivity index is 1.73. The third-order valence-electron chi connectivity index (χ3n) is 4.24. The summed E-state index contributed by atoms with van der Waals surface area (Å²) in [5.74, 6) is -2.95. The maximum atomic E-state index is 13.4. The molecule has 1 saturated heterocycles. The third-order valence-corrected chi connectivity index (χ3v) is 6.63. The maximum Gasteiger partial charge on any atom is 0.257 e. The summed E-state index contributed by atoms with van der Waals surface area (Å²) in [5, 5.41) is 9.87. The average Bonchev–Trinajstić information content (AvgIpc) is 2.65. The largest absolute Gasteiger partial charge is 0.507 e. The zero-order valence-corrected chi connectivity index (χ0v) is 16.3. The molecule has 2 aromatic carbocycles. The normalized spacial score (nSPS) is 15.7. The second kappa shape index (κ2) is 7.53. The number of hydrogen-bond donors (Lipinski definition) is 1. The van der Waals surface area contributed by atoms with E-state index in [9.17, 15) is 27.1 Å². The lowest BCUT2D eigenvalue weighted by Gasteiger charge is -2.34. The summed E-state index contributed by atoms with van der Waals surface area (Å²) in [6.07, 6.45) is 0. The Morgan fingerprint density at radius 3 is 2.30 bits per heavy atom. The van der Waals surface area contributed by atoms with Crippen molar-refractivity contribution in [1.82, 2.24) is 9.21 Å². The van der Waals surface area contributed by atoms with Crippen molar-refractivity contribution < 1.29 is 27.1 Å². The molecule has 144 valence electrons. The molecule has 1 N–H and O–H groups in total. The number of carbonyl (C=O) groups is 1. The molecule has 0 spiro atoms. The number of rotatable bonds is 3. The van der Waals surface area contributed by atoms with E-state index in [1.165, 1.54) is 17.0 Å². The van der Waals surface area contributed by atoms with Crippen LogP contribution in [0.3, 0.4) is 0 Å². The summed E-state index contributed by atoms with van der Waals surface area (Å²) in [4.78, 5) is 13.7. The highest BCUT2D eigenvalue weighted by molar-refractivity contribution is 9.10. The minimum Gasteiger partial charge on any atom is -0.507 e.